The summed E-state index contributed by atoms with van der Waals surface area (Å²) in [6, 6.07) is 0. The van der Waals surface area contributed by atoms with Gasteiger partial charge >= 0.3 is 5.97 Å². The second kappa shape index (κ2) is 4.10. The van der Waals surface area contributed by atoms with Crippen LogP contribution in [-0.2, 0) is 16.1 Å². The molecule has 0 radical (unpaired) electrons. The van der Waals surface area contributed by atoms with Gasteiger partial charge in [-0.3, -0.25) is 4.79 Å². The Morgan fingerprint density at radius 3 is 3.08 bits per heavy atom. The van der Waals surface area contributed by atoms with Crippen LogP contribution in [0.4, 0.5) is 0 Å². The van der Waals surface area contributed by atoms with Crippen molar-refractivity contribution in [2.24, 2.45) is 0 Å². The van der Waals surface area contributed by atoms with E-state index in [-0.39, 0.29) is 12.5 Å². The van der Waals surface area contributed by atoms with E-state index in [0.717, 1.165) is 5.03 Å². The minimum Gasteiger partial charge on any atom is -0.468 e. The van der Waals surface area contributed by atoms with E-state index in [0.29, 0.717) is 0 Å². The second-order valence-electron chi connectivity index (χ2n) is 2.03. The van der Waals surface area contributed by atoms with E-state index in [1.165, 1.54) is 23.6 Å². The third-order valence-corrected chi connectivity index (χ3v) is 1.85. The Labute approximate surface area is 74.1 Å². The number of thioether (sulfide) groups is 1. The average molecular weight is 187 g/mol. The maximum Gasteiger partial charge on any atom is 0.327 e. The number of carbonyl (C=O) groups excluding carboxylic acids is 1. The Morgan fingerprint density at radius 2 is 2.58 bits per heavy atom. The molecule has 0 unspecified atom stereocenters. The molecule has 0 aliphatic rings. The van der Waals surface area contributed by atoms with Gasteiger partial charge in [-0.1, -0.05) is 5.21 Å². The fraction of sp³-hybridized carbons (Fsp3) is 0.500. The van der Waals surface area contributed by atoms with Gasteiger partial charge in [-0.25, -0.2) is 4.68 Å². The van der Waals surface area contributed by atoms with Crippen LogP contribution in [0.5, 0.6) is 0 Å². The van der Waals surface area contributed by atoms with Gasteiger partial charge in [0.05, 0.1) is 13.3 Å². The number of carbonyl (C=O) groups is 1. The molecule has 5 nitrogen and oxygen atoms in total. The van der Waals surface area contributed by atoms with Crippen molar-refractivity contribution >= 4 is 17.7 Å². The summed E-state index contributed by atoms with van der Waals surface area (Å²) in [5.41, 5.74) is 0. The Kier molecular flexibility index (Phi) is 3.09. The molecule has 6 heteroatoms. The van der Waals surface area contributed by atoms with Crippen LogP contribution in [0.3, 0.4) is 0 Å². The van der Waals surface area contributed by atoms with Crippen LogP contribution in [0.25, 0.3) is 0 Å². The van der Waals surface area contributed by atoms with Gasteiger partial charge in [0.1, 0.15) is 11.6 Å². The molecule has 0 bridgehead atoms. The third-order valence-electron chi connectivity index (χ3n) is 1.25. The minimum atomic E-state index is -0.326. The lowest BCUT2D eigenvalue weighted by atomic mass is 10.6. The van der Waals surface area contributed by atoms with Crippen molar-refractivity contribution in [3.05, 3.63) is 6.20 Å². The third kappa shape index (κ3) is 2.23. The normalized spacial score (nSPS) is 9.83. The van der Waals surface area contributed by atoms with E-state index in [9.17, 15) is 4.79 Å². The highest BCUT2D eigenvalue weighted by atomic mass is 32.2. The van der Waals surface area contributed by atoms with Crippen molar-refractivity contribution in [3.8, 4) is 0 Å². The summed E-state index contributed by atoms with van der Waals surface area (Å²) in [7, 11) is 1.34. The van der Waals surface area contributed by atoms with E-state index in [4.69, 9.17) is 0 Å². The number of aromatic nitrogens is 3. The zero-order chi connectivity index (χ0) is 8.97. The Morgan fingerprint density at radius 1 is 1.83 bits per heavy atom. The molecular weight excluding hydrogens is 178 g/mol. The molecule has 0 saturated carbocycles. The Bertz CT molecular complexity index is 274. The smallest absolute Gasteiger partial charge is 0.327 e. The summed E-state index contributed by atoms with van der Waals surface area (Å²) in [5.74, 6) is -0.326. The van der Waals surface area contributed by atoms with Crippen molar-refractivity contribution in [2.75, 3.05) is 13.4 Å². The van der Waals surface area contributed by atoms with Gasteiger partial charge in [-0.2, -0.15) is 0 Å². The van der Waals surface area contributed by atoms with Crippen LogP contribution < -0.4 is 0 Å². The first-order chi connectivity index (χ1) is 5.76. The maximum atomic E-state index is 10.8. The quantitative estimate of drug-likeness (QED) is 0.499. The van der Waals surface area contributed by atoms with Gasteiger partial charge in [-0.15, -0.1) is 16.9 Å². The fourth-order valence-electron chi connectivity index (χ4n) is 0.648. The van der Waals surface area contributed by atoms with Crippen molar-refractivity contribution in [1.82, 2.24) is 15.0 Å². The predicted molar refractivity (Wildman–Crippen MR) is 43.8 cm³/mol. The first-order valence-electron chi connectivity index (χ1n) is 3.27. The first-order valence-corrected chi connectivity index (χ1v) is 4.49. The number of ether oxygens (including phenoxy) is 1. The van der Waals surface area contributed by atoms with E-state index in [1.807, 2.05) is 6.26 Å². The molecule has 0 N–H and O–H groups in total. The lowest BCUT2D eigenvalue weighted by Gasteiger charge is -1.96. The first kappa shape index (κ1) is 9.05. The summed E-state index contributed by atoms with van der Waals surface area (Å²) < 4.78 is 5.90. The van der Waals surface area contributed by atoms with Crippen LogP contribution in [0.2, 0.25) is 0 Å². The van der Waals surface area contributed by atoms with Crippen LogP contribution in [0.15, 0.2) is 11.2 Å². The number of hydrogen-bond donors (Lipinski definition) is 0. The predicted octanol–water partition coefficient (Wildman–Crippen LogP) is 0.173. The summed E-state index contributed by atoms with van der Waals surface area (Å²) in [4.78, 5) is 10.8. The van der Waals surface area contributed by atoms with Gasteiger partial charge in [0.25, 0.3) is 0 Å². The minimum absolute atomic E-state index is 0.115. The molecule has 0 saturated heterocycles. The van der Waals surface area contributed by atoms with Crippen molar-refractivity contribution in [2.45, 2.75) is 11.6 Å². The number of hydrogen-bond acceptors (Lipinski definition) is 5. The van der Waals surface area contributed by atoms with Crippen LogP contribution in [-0.4, -0.2) is 34.3 Å². The summed E-state index contributed by atoms with van der Waals surface area (Å²) in [6.45, 7) is 0.115. The maximum absolute atomic E-state index is 10.8. The van der Waals surface area contributed by atoms with Gasteiger partial charge in [0.2, 0.25) is 0 Å². The zero-order valence-corrected chi connectivity index (χ0v) is 7.67. The highest BCUT2D eigenvalue weighted by molar-refractivity contribution is 7.98. The van der Waals surface area contributed by atoms with Crippen molar-refractivity contribution in [1.29, 1.82) is 0 Å². The van der Waals surface area contributed by atoms with E-state index in [2.05, 4.69) is 15.0 Å². The SMILES string of the molecule is COC(=O)Cn1cc(SC)nn1. The number of methoxy groups -OCH3 is 1. The van der Waals surface area contributed by atoms with Crippen LogP contribution in [0.1, 0.15) is 0 Å². The molecule has 0 fully saturated rings. The molecule has 1 heterocycles. The number of esters is 1. The molecular formula is C6H9N3O2S. The molecule has 0 aromatic carbocycles. The second-order valence-corrected chi connectivity index (χ2v) is 2.86. The molecule has 0 spiro atoms. The summed E-state index contributed by atoms with van der Waals surface area (Å²) in [5, 5.41) is 8.30. The largest absolute Gasteiger partial charge is 0.468 e. The Balaban J connectivity index is 2.58. The van der Waals surface area contributed by atoms with Crippen molar-refractivity contribution in [3.63, 3.8) is 0 Å². The fourth-order valence-corrected chi connectivity index (χ4v) is 0.994. The molecule has 66 valence electrons. The molecule has 0 aliphatic heterocycles. The van der Waals surface area contributed by atoms with Gasteiger partial charge in [-0.05, 0) is 6.26 Å². The highest BCUT2D eigenvalue weighted by Gasteiger charge is 2.03. The van der Waals surface area contributed by atoms with Crippen molar-refractivity contribution < 1.29 is 9.53 Å². The molecule has 0 amide bonds. The molecule has 0 aliphatic carbocycles. The van der Waals surface area contributed by atoms with Crippen LogP contribution >= 0.6 is 11.8 Å². The van der Waals surface area contributed by atoms with E-state index in [1.54, 1.807) is 6.20 Å². The molecule has 0 atom stereocenters. The van der Waals surface area contributed by atoms with E-state index < -0.39 is 0 Å². The number of nitrogens with zero attached hydrogens (tertiary/aromatic N) is 3. The van der Waals surface area contributed by atoms with E-state index >= 15 is 0 Å². The molecule has 1 aromatic heterocycles. The van der Waals surface area contributed by atoms with Gasteiger partial charge < -0.3 is 4.74 Å². The highest BCUT2D eigenvalue weighted by Crippen LogP contribution is 2.07. The van der Waals surface area contributed by atoms with Gasteiger partial charge in [0.15, 0.2) is 0 Å². The Hall–Kier alpha value is -1.04. The number of rotatable bonds is 3. The average Bonchev–Trinajstić information content (AvgIpc) is 2.52. The van der Waals surface area contributed by atoms with Crippen LogP contribution in [0, 0.1) is 0 Å². The van der Waals surface area contributed by atoms with Gasteiger partial charge in [0, 0.05) is 0 Å². The summed E-state index contributed by atoms with van der Waals surface area (Å²) >= 11 is 1.48. The molecule has 1 rings (SSSR count). The monoisotopic (exact) mass is 187 g/mol. The lowest BCUT2D eigenvalue weighted by Crippen LogP contribution is -2.11. The summed E-state index contributed by atoms with van der Waals surface area (Å²) in [6.07, 6.45) is 3.59. The standard InChI is InChI=1S/C6H9N3O2S/c1-11-6(10)4-9-3-5(12-2)7-8-9/h3H,4H2,1-2H3. The zero-order valence-electron chi connectivity index (χ0n) is 6.85. The topological polar surface area (TPSA) is 57.0 Å². The molecule has 12 heavy (non-hydrogen) atoms. The lowest BCUT2D eigenvalue weighted by molar-refractivity contribution is -0.141. The molecule has 1 aromatic rings.